The number of aryl methyl sites for hydroxylation is 1. The molecule has 0 radical (unpaired) electrons. The van der Waals surface area contributed by atoms with E-state index in [2.05, 4.69) is 12.0 Å². The van der Waals surface area contributed by atoms with Gasteiger partial charge in [-0.2, -0.15) is 5.10 Å². The van der Waals surface area contributed by atoms with Crippen molar-refractivity contribution in [3.8, 4) is 0 Å². The first kappa shape index (κ1) is 17.5. The standard InChI is InChI=1S/C15H18ClN3O.ClH/c1-4-13-6-7-14(16)11(2)15(13)19(12(3)20)10-18-9-5-8-17-18;/h5-9H,4,10H2,1-3H3;1H. The minimum absolute atomic E-state index is 0. The molecule has 0 atom stereocenters. The number of carbonyl (C=O) groups excluding carboxylic acids is 1. The van der Waals surface area contributed by atoms with E-state index < -0.39 is 0 Å². The Morgan fingerprint density at radius 1 is 1.43 bits per heavy atom. The normalized spacial score (nSPS) is 10.1. The fourth-order valence-electron chi connectivity index (χ4n) is 2.25. The van der Waals surface area contributed by atoms with Crippen molar-refractivity contribution in [1.29, 1.82) is 0 Å². The van der Waals surface area contributed by atoms with Gasteiger partial charge in [-0.3, -0.25) is 14.4 Å². The summed E-state index contributed by atoms with van der Waals surface area (Å²) in [6.45, 7) is 5.95. The third-order valence-corrected chi connectivity index (χ3v) is 3.73. The quantitative estimate of drug-likeness (QED) is 0.855. The topological polar surface area (TPSA) is 38.1 Å². The van der Waals surface area contributed by atoms with Gasteiger partial charge >= 0.3 is 0 Å². The molecule has 4 nitrogen and oxygen atoms in total. The maximum atomic E-state index is 12.0. The second kappa shape index (κ2) is 7.48. The number of carbonyl (C=O) groups is 1. The summed E-state index contributed by atoms with van der Waals surface area (Å²) >= 11 is 6.21. The van der Waals surface area contributed by atoms with Crippen molar-refractivity contribution in [2.45, 2.75) is 33.9 Å². The van der Waals surface area contributed by atoms with E-state index in [9.17, 15) is 4.79 Å². The van der Waals surface area contributed by atoms with Crippen molar-refractivity contribution in [2.75, 3.05) is 4.90 Å². The molecule has 0 aliphatic heterocycles. The number of amides is 1. The highest BCUT2D eigenvalue weighted by atomic mass is 35.5. The predicted octanol–water partition coefficient (Wildman–Crippen LogP) is 3.84. The maximum Gasteiger partial charge on any atom is 0.225 e. The van der Waals surface area contributed by atoms with Crippen LogP contribution in [0.4, 0.5) is 5.69 Å². The molecule has 21 heavy (non-hydrogen) atoms. The molecule has 6 heteroatoms. The monoisotopic (exact) mass is 327 g/mol. The molecule has 2 rings (SSSR count). The number of benzene rings is 1. The molecule has 0 bridgehead atoms. The largest absolute Gasteiger partial charge is 0.292 e. The molecule has 1 heterocycles. The fourth-order valence-corrected chi connectivity index (χ4v) is 2.40. The van der Waals surface area contributed by atoms with Gasteiger partial charge in [0.05, 0.1) is 5.69 Å². The molecule has 0 saturated carbocycles. The zero-order valence-electron chi connectivity index (χ0n) is 12.3. The molecule has 0 fully saturated rings. The van der Waals surface area contributed by atoms with Crippen molar-refractivity contribution >= 4 is 35.6 Å². The van der Waals surface area contributed by atoms with E-state index in [1.807, 2.05) is 31.3 Å². The summed E-state index contributed by atoms with van der Waals surface area (Å²) in [6.07, 6.45) is 4.38. The number of hydrogen-bond acceptors (Lipinski definition) is 2. The highest BCUT2D eigenvalue weighted by molar-refractivity contribution is 6.31. The summed E-state index contributed by atoms with van der Waals surface area (Å²) in [6, 6.07) is 5.69. The van der Waals surface area contributed by atoms with Crippen LogP contribution < -0.4 is 4.90 Å². The fraction of sp³-hybridized carbons (Fsp3) is 0.333. The molecule has 2 aromatic rings. The third kappa shape index (κ3) is 3.77. The first-order chi connectivity index (χ1) is 9.54. The van der Waals surface area contributed by atoms with Gasteiger partial charge < -0.3 is 0 Å². The molecule has 1 amide bonds. The summed E-state index contributed by atoms with van der Waals surface area (Å²) in [5, 5.41) is 4.83. The average molecular weight is 328 g/mol. The lowest BCUT2D eigenvalue weighted by Crippen LogP contribution is -2.32. The van der Waals surface area contributed by atoms with E-state index in [0.717, 1.165) is 23.2 Å². The van der Waals surface area contributed by atoms with E-state index in [-0.39, 0.29) is 18.3 Å². The van der Waals surface area contributed by atoms with Gasteiger partial charge in [-0.15, -0.1) is 12.4 Å². The van der Waals surface area contributed by atoms with Crippen LogP contribution in [0, 0.1) is 6.92 Å². The number of rotatable bonds is 4. The second-order valence-corrected chi connectivity index (χ2v) is 5.07. The Bertz CT molecular complexity index is 612. The molecule has 1 aromatic carbocycles. The number of anilines is 1. The number of halogens is 2. The van der Waals surface area contributed by atoms with E-state index >= 15 is 0 Å². The zero-order valence-corrected chi connectivity index (χ0v) is 13.9. The van der Waals surface area contributed by atoms with Gasteiger partial charge in [0.2, 0.25) is 5.91 Å². The van der Waals surface area contributed by atoms with Gasteiger partial charge in [0, 0.05) is 24.3 Å². The molecular formula is C15H19Cl2N3O. The molecule has 0 N–H and O–H groups in total. The van der Waals surface area contributed by atoms with Gasteiger partial charge in [0.25, 0.3) is 0 Å². The second-order valence-electron chi connectivity index (χ2n) is 4.67. The van der Waals surface area contributed by atoms with Crippen LogP contribution >= 0.6 is 24.0 Å². The Labute approximate surface area is 136 Å². The van der Waals surface area contributed by atoms with Crippen molar-refractivity contribution < 1.29 is 4.79 Å². The highest BCUT2D eigenvalue weighted by Gasteiger charge is 2.19. The molecule has 0 spiro atoms. The molecule has 0 unspecified atom stereocenters. The lowest BCUT2D eigenvalue weighted by molar-refractivity contribution is -0.117. The highest BCUT2D eigenvalue weighted by Crippen LogP contribution is 2.31. The van der Waals surface area contributed by atoms with Gasteiger partial charge in [-0.1, -0.05) is 24.6 Å². The third-order valence-electron chi connectivity index (χ3n) is 3.32. The summed E-state index contributed by atoms with van der Waals surface area (Å²) in [5.74, 6) is -0.0273. The summed E-state index contributed by atoms with van der Waals surface area (Å²) in [5.41, 5.74) is 2.92. The number of hydrogen-bond donors (Lipinski definition) is 0. The zero-order chi connectivity index (χ0) is 14.7. The van der Waals surface area contributed by atoms with Gasteiger partial charge in [0.15, 0.2) is 0 Å². The maximum absolute atomic E-state index is 12.0. The Kier molecular flexibility index (Phi) is 6.24. The molecule has 0 aliphatic carbocycles. The first-order valence-corrected chi connectivity index (χ1v) is 6.96. The predicted molar refractivity (Wildman–Crippen MR) is 88.2 cm³/mol. The minimum Gasteiger partial charge on any atom is -0.292 e. The summed E-state index contributed by atoms with van der Waals surface area (Å²) in [4.78, 5) is 13.8. The van der Waals surface area contributed by atoms with Crippen molar-refractivity contribution in [2.24, 2.45) is 0 Å². The van der Waals surface area contributed by atoms with Crippen LogP contribution in [0.1, 0.15) is 25.0 Å². The van der Waals surface area contributed by atoms with Crippen LogP contribution in [0.3, 0.4) is 0 Å². The Morgan fingerprint density at radius 3 is 2.67 bits per heavy atom. The van der Waals surface area contributed by atoms with Gasteiger partial charge in [0.1, 0.15) is 6.67 Å². The van der Waals surface area contributed by atoms with Crippen LogP contribution in [0.15, 0.2) is 30.6 Å². The molecule has 0 aliphatic rings. The van der Waals surface area contributed by atoms with Crippen LogP contribution in [0.2, 0.25) is 5.02 Å². The van der Waals surface area contributed by atoms with Crippen molar-refractivity contribution in [3.05, 3.63) is 46.7 Å². The minimum atomic E-state index is -0.0273. The van der Waals surface area contributed by atoms with Crippen LogP contribution in [0.25, 0.3) is 0 Å². The van der Waals surface area contributed by atoms with Gasteiger partial charge in [-0.05, 0) is 36.6 Å². The van der Waals surface area contributed by atoms with E-state index in [4.69, 9.17) is 11.6 Å². The van der Waals surface area contributed by atoms with E-state index in [1.165, 1.54) is 0 Å². The Hall–Kier alpha value is -1.52. The van der Waals surface area contributed by atoms with E-state index in [1.54, 1.807) is 22.7 Å². The summed E-state index contributed by atoms with van der Waals surface area (Å²) < 4.78 is 1.72. The lowest BCUT2D eigenvalue weighted by atomic mass is 10.0. The van der Waals surface area contributed by atoms with Gasteiger partial charge in [-0.25, -0.2) is 0 Å². The van der Waals surface area contributed by atoms with Crippen LogP contribution in [0.5, 0.6) is 0 Å². The van der Waals surface area contributed by atoms with Crippen LogP contribution in [-0.4, -0.2) is 15.7 Å². The number of nitrogens with zero attached hydrogens (tertiary/aromatic N) is 3. The molecule has 114 valence electrons. The lowest BCUT2D eigenvalue weighted by Gasteiger charge is -2.26. The van der Waals surface area contributed by atoms with Crippen molar-refractivity contribution in [3.63, 3.8) is 0 Å². The Balaban J connectivity index is 0.00000220. The summed E-state index contributed by atoms with van der Waals surface area (Å²) in [7, 11) is 0. The average Bonchev–Trinajstić information content (AvgIpc) is 2.92. The molecule has 1 aromatic heterocycles. The molecule has 0 saturated heterocycles. The van der Waals surface area contributed by atoms with Crippen molar-refractivity contribution in [1.82, 2.24) is 9.78 Å². The molecular weight excluding hydrogens is 309 g/mol. The Morgan fingerprint density at radius 2 is 2.14 bits per heavy atom. The number of aromatic nitrogens is 2. The van der Waals surface area contributed by atoms with E-state index in [0.29, 0.717) is 11.7 Å². The SMILES string of the molecule is CCc1ccc(Cl)c(C)c1N(Cn1cccn1)C(C)=O.Cl. The first-order valence-electron chi connectivity index (χ1n) is 6.58. The smallest absolute Gasteiger partial charge is 0.225 e. The van der Waals surface area contributed by atoms with Crippen LogP contribution in [-0.2, 0) is 17.9 Å².